The Morgan fingerprint density at radius 1 is 0.595 bits per heavy atom. The van der Waals surface area contributed by atoms with Gasteiger partial charge in [-0.25, -0.2) is 0 Å². The van der Waals surface area contributed by atoms with E-state index in [-0.39, 0.29) is 48.9 Å². The maximum absolute atomic E-state index is 5.78. The van der Waals surface area contributed by atoms with E-state index in [9.17, 15) is 0 Å². The third-order valence-corrected chi connectivity index (χ3v) is 7.04. The molecule has 0 heterocycles. The second kappa shape index (κ2) is 44.1. The second-order valence-electron chi connectivity index (χ2n) is 10.7. The van der Waals surface area contributed by atoms with E-state index in [4.69, 9.17) is 17.2 Å². The van der Waals surface area contributed by atoms with Gasteiger partial charge in [-0.1, -0.05) is 126 Å². The predicted molar refractivity (Wildman–Crippen MR) is 170 cm³/mol. The molecule has 0 aromatic rings. The molecule has 0 aliphatic rings. The first kappa shape index (κ1) is 50.9. The molecule has 0 aromatic heterocycles. The molecule has 0 saturated heterocycles. The summed E-state index contributed by atoms with van der Waals surface area (Å²) in [4.78, 5) is 0. The average Bonchev–Trinajstić information content (AvgIpc) is 2.87. The summed E-state index contributed by atoms with van der Waals surface area (Å²) >= 11 is 0. The van der Waals surface area contributed by atoms with Gasteiger partial charge in [0.2, 0.25) is 0 Å². The first-order chi connectivity index (χ1) is 16.4. The van der Waals surface area contributed by atoms with Crippen molar-refractivity contribution in [3.63, 3.8) is 0 Å². The molecule has 4 atom stereocenters. The topological polar surface area (TPSA) is 120 Å². The van der Waals surface area contributed by atoms with Crippen molar-refractivity contribution >= 4 is 12.4 Å². The SMILES string of the molecule is CCC(C)CN.CCC(C)CN.CCCCCCCCCCCCNCC(C)CC(CC)CN.Cl.[2HH].[Na+].[OH-]. The minimum absolute atomic E-state index is 0. The van der Waals surface area contributed by atoms with Crippen molar-refractivity contribution < 1.29 is 36.5 Å². The molecule has 0 saturated carbocycles. The Hall–Kier alpha value is 1.09. The summed E-state index contributed by atoms with van der Waals surface area (Å²) in [5.41, 5.74) is 16.3. The predicted octanol–water partition coefficient (Wildman–Crippen LogP) is 4.99. The maximum atomic E-state index is 5.78. The summed E-state index contributed by atoms with van der Waals surface area (Å²) in [5.74, 6) is 2.90. The largest absolute Gasteiger partial charge is 1.00 e. The van der Waals surface area contributed by atoms with Crippen molar-refractivity contribution in [3.8, 4) is 0 Å². The molecule has 7 heteroatoms. The summed E-state index contributed by atoms with van der Waals surface area (Å²) in [6, 6.07) is 0. The molecule has 8 N–H and O–H groups in total. The molecule has 4 unspecified atom stereocenters. The minimum atomic E-state index is 0. The third kappa shape index (κ3) is 47.2. The smallest absolute Gasteiger partial charge is 0.870 e. The van der Waals surface area contributed by atoms with Gasteiger partial charge in [-0.2, -0.15) is 0 Å². The summed E-state index contributed by atoms with van der Waals surface area (Å²) < 4.78 is 0. The van der Waals surface area contributed by atoms with Crippen molar-refractivity contribution in [2.75, 3.05) is 32.7 Å². The van der Waals surface area contributed by atoms with Crippen LogP contribution in [0.2, 0.25) is 0 Å². The van der Waals surface area contributed by atoms with Crippen LogP contribution in [0.5, 0.6) is 0 Å². The van der Waals surface area contributed by atoms with Crippen LogP contribution in [0.4, 0.5) is 0 Å². The number of halogens is 1. The summed E-state index contributed by atoms with van der Waals surface area (Å²) in [7, 11) is 0. The van der Waals surface area contributed by atoms with Crippen molar-refractivity contribution in [1.29, 1.82) is 0 Å². The Balaban J connectivity index is -0.000000101. The number of hydrogen-bond acceptors (Lipinski definition) is 5. The van der Waals surface area contributed by atoms with Gasteiger partial charge in [0, 0.05) is 1.43 Å². The van der Waals surface area contributed by atoms with Crippen LogP contribution in [0, 0.1) is 23.7 Å². The van der Waals surface area contributed by atoms with Crippen LogP contribution in [0.15, 0.2) is 0 Å². The van der Waals surface area contributed by atoms with E-state index in [0.717, 1.165) is 32.1 Å². The molecule has 228 valence electrons. The standard InChI is InChI=1S/C20H44N2.2C5H13N.ClH.Na.H2O.H2/c1-4-6-7-8-9-10-11-12-13-14-15-22-18-19(3)16-20(5-2)17-21;2*1-3-5(2)4-6;;;;/h19-20,22H,4-18,21H2,1-3H3;2*5H,3-4,6H2,1-2H3;1H;;1H2;1H/q;;;;+1;;/p-1/i;;;;;;1+1. The second-order valence-corrected chi connectivity index (χ2v) is 10.7. The van der Waals surface area contributed by atoms with E-state index in [2.05, 4.69) is 53.8 Å². The molecule has 0 amide bonds. The van der Waals surface area contributed by atoms with Crippen molar-refractivity contribution in [1.82, 2.24) is 5.32 Å². The fourth-order valence-electron chi connectivity index (χ4n) is 3.50. The molecular formula is C30H74ClN4NaO. The first-order valence-electron chi connectivity index (χ1n) is 15.2. The number of nitrogens with one attached hydrogen (secondary N) is 1. The van der Waals surface area contributed by atoms with Crippen molar-refractivity contribution in [3.05, 3.63) is 0 Å². The Morgan fingerprint density at radius 2 is 1.00 bits per heavy atom. The average molecular weight is 566 g/mol. The minimum Gasteiger partial charge on any atom is -0.870 e. The Morgan fingerprint density at radius 3 is 1.30 bits per heavy atom. The molecule has 0 aromatic carbocycles. The number of nitrogens with two attached hydrogens (primary N) is 3. The van der Waals surface area contributed by atoms with Crippen molar-refractivity contribution in [2.24, 2.45) is 40.9 Å². The molecule has 0 aliphatic heterocycles. The van der Waals surface area contributed by atoms with Crippen molar-refractivity contribution in [2.45, 2.75) is 138 Å². The molecule has 0 fully saturated rings. The van der Waals surface area contributed by atoms with E-state index in [1.807, 2.05) is 0 Å². The van der Waals surface area contributed by atoms with Gasteiger partial charge in [-0.3, -0.25) is 0 Å². The summed E-state index contributed by atoms with van der Waals surface area (Å²) in [6.45, 7) is 20.4. The quantitative estimate of drug-likeness (QED) is 0.115. The van der Waals surface area contributed by atoms with Crippen LogP contribution in [0.1, 0.15) is 140 Å². The monoisotopic (exact) mass is 566 g/mol. The van der Waals surface area contributed by atoms with Gasteiger partial charge >= 0.3 is 29.6 Å². The van der Waals surface area contributed by atoms with Crippen LogP contribution in [0.3, 0.4) is 0 Å². The Kier molecular flexibility index (Phi) is 60.7. The normalized spacial score (nSPS) is 13.1. The zero-order valence-corrected chi connectivity index (χ0v) is 29.6. The van der Waals surface area contributed by atoms with Crippen LogP contribution in [0.25, 0.3) is 0 Å². The number of rotatable bonds is 21. The van der Waals surface area contributed by atoms with E-state index in [1.54, 1.807) is 0 Å². The van der Waals surface area contributed by atoms with Gasteiger partial charge in [-0.15, -0.1) is 12.4 Å². The summed E-state index contributed by atoms with van der Waals surface area (Å²) in [5, 5.41) is 3.62. The zero-order chi connectivity index (χ0) is 26.5. The molecule has 37 heavy (non-hydrogen) atoms. The molecule has 0 bridgehead atoms. The van der Waals surface area contributed by atoms with Gasteiger partial charge in [0.05, 0.1) is 0 Å². The zero-order valence-electron chi connectivity index (χ0n) is 26.8. The van der Waals surface area contributed by atoms with Gasteiger partial charge in [0.1, 0.15) is 0 Å². The third-order valence-electron chi connectivity index (χ3n) is 7.04. The van der Waals surface area contributed by atoms with E-state index in [1.165, 1.54) is 96.4 Å². The van der Waals surface area contributed by atoms with E-state index >= 15 is 0 Å². The number of unbranched alkanes of at least 4 members (excludes halogenated alkanes) is 9. The van der Waals surface area contributed by atoms with E-state index < -0.39 is 0 Å². The Labute approximate surface area is 264 Å². The van der Waals surface area contributed by atoms with Gasteiger partial charge < -0.3 is 28.0 Å². The Bertz CT molecular complexity index is 342. The van der Waals surface area contributed by atoms with Gasteiger partial charge in [0.25, 0.3) is 0 Å². The van der Waals surface area contributed by atoms with Gasteiger partial charge in [0.15, 0.2) is 0 Å². The molecular weight excluding hydrogens is 491 g/mol. The van der Waals surface area contributed by atoms with Crippen LogP contribution < -0.4 is 52.1 Å². The molecule has 0 radical (unpaired) electrons. The van der Waals surface area contributed by atoms with Crippen LogP contribution in [-0.4, -0.2) is 38.2 Å². The molecule has 5 nitrogen and oxygen atoms in total. The fourth-order valence-corrected chi connectivity index (χ4v) is 3.50. The fraction of sp³-hybridized carbons (Fsp3) is 1.00. The maximum Gasteiger partial charge on any atom is 1.00 e. The van der Waals surface area contributed by atoms with E-state index in [0.29, 0.717) is 17.8 Å². The summed E-state index contributed by atoms with van der Waals surface area (Å²) in [6.07, 6.45) is 19.1. The van der Waals surface area contributed by atoms with Crippen LogP contribution in [-0.2, 0) is 0 Å². The van der Waals surface area contributed by atoms with Crippen LogP contribution >= 0.6 is 12.4 Å². The molecule has 0 spiro atoms. The van der Waals surface area contributed by atoms with Gasteiger partial charge in [-0.05, 0) is 69.2 Å². The first-order valence-corrected chi connectivity index (χ1v) is 15.2. The molecule has 0 aliphatic carbocycles. The molecule has 0 rings (SSSR count). The number of hydrogen-bond donors (Lipinski definition) is 4.